The Hall–Kier alpha value is -2.85. The summed E-state index contributed by atoms with van der Waals surface area (Å²) in [7, 11) is 0. The van der Waals surface area contributed by atoms with Crippen molar-refractivity contribution >= 4 is 34.8 Å². The molecule has 0 atom stereocenters. The molecule has 5 heteroatoms. The molecule has 1 amide bonds. The normalized spacial score (nSPS) is 14.6. The maximum atomic E-state index is 13.2. The number of amides is 1. The predicted molar refractivity (Wildman–Crippen MR) is 103 cm³/mol. The van der Waals surface area contributed by atoms with Crippen LogP contribution >= 0.6 is 11.6 Å². The number of hydrogen-bond donors (Lipinski definition) is 1. The van der Waals surface area contributed by atoms with Gasteiger partial charge in [0.15, 0.2) is 0 Å². The van der Waals surface area contributed by atoms with Crippen LogP contribution in [0.15, 0.2) is 48.5 Å². The van der Waals surface area contributed by atoms with Gasteiger partial charge < -0.3 is 9.88 Å². The molecule has 1 aliphatic rings. The summed E-state index contributed by atoms with van der Waals surface area (Å²) in [6.45, 7) is 3.97. The lowest BCUT2D eigenvalue weighted by Gasteiger charge is -2.09. The summed E-state index contributed by atoms with van der Waals surface area (Å²) in [5.74, 6) is -0.412. The molecule has 0 unspecified atom stereocenters. The lowest BCUT2D eigenvalue weighted by Crippen LogP contribution is -2.03. The first-order valence-electron chi connectivity index (χ1n) is 8.22. The highest BCUT2D eigenvalue weighted by Crippen LogP contribution is 2.35. The molecule has 1 aromatic heterocycles. The Morgan fingerprint density at radius 1 is 1.08 bits per heavy atom. The minimum Gasteiger partial charge on any atom is -0.321 e. The van der Waals surface area contributed by atoms with Crippen molar-refractivity contribution in [3.8, 4) is 5.69 Å². The molecule has 130 valence electrons. The number of hydrogen-bond acceptors (Lipinski definition) is 1. The van der Waals surface area contributed by atoms with Crippen molar-refractivity contribution in [1.29, 1.82) is 0 Å². The average molecular weight is 367 g/mol. The smallest absolute Gasteiger partial charge is 0.256 e. The molecule has 0 spiro atoms. The summed E-state index contributed by atoms with van der Waals surface area (Å²) >= 11 is 6.01. The maximum absolute atomic E-state index is 13.2. The molecular weight excluding hydrogens is 351 g/mol. The van der Waals surface area contributed by atoms with Gasteiger partial charge in [0.1, 0.15) is 5.82 Å². The van der Waals surface area contributed by atoms with Gasteiger partial charge in [-0.25, -0.2) is 4.39 Å². The van der Waals surface area contributed by atoms with E-state index in [1.54, 1.807) is 24.3 Å². The second-order valence-corrected chi connectivity index (χ2v) is 6.78. The van der Waals surface area contributed by atoms with Gasteiger partial charge in [-0.1, -0.05) is 17.7 Å². The third kappa shape index (κ3) is 2.72. The van der Waals surface area contributed by atoms with Gasteiger partial charge in [0, 0.05) is 33.2 Å². The number of anilines is 1. The van der Waals surface area contributed by atoms with E-state index >= 15 is 0 Å². The second-order valence-electron chi connectivity index (χ2n) is 6.34. The lowest BCUT2D eigenvalue weighted by molar-refractivity contribution is -0.110. The van der Waals surface area contributed by atoms with Crippen LogP contribution in [0.1, 0.15) is 22.5 Å². The first kappa shape index (κ1) is 16.6. The number of rotatable bonds is 2. The fraction of sp³-hybridized carbons (Fsp3) is 0.0952. The zero-order valence-electron chi connectivity index (χ0n) is 14.3. The maximum Gasteiger partial charge on any atom is 0.256 e. The zero-order chi connectivity index (χ0) is 18.4. The highest BCUT2D eigenvalue weighted by molar-refractivity contribution is 6.36. The standard InChI is InChI=1S/C21H16ClFN2O/c1-12-9-14(13(2)25(12)17-6-4-16(23)5-7-17)10-19-18-8-3-15(22)11-20(18)24-21(19)26/h3-11H,1-2H3,(H,24,26)/b19-10+. The Morgan fingerprint density at radius 3 is 2.54 bits per heavy atom. The molecule has 0 saturated heterocycles. The number of fused-ring (bicyclic) bond motifs is 1. The molecule has 0 fully saturated rings. The highest BCUT2D eigenvalue weighted by Gasteiger charge is 2.24. The Balaban J connectivity index is 1.81. The van der Waals surface area contributed by atoms with Crippen LogP contribution < -0.4 is 5.32 Å². The molecule has 0 aliphatic carbocycles. The van der Waals surface area contributed by atoms with Crippen molar-refractivity contribution in [3.05, 3.63) is 81.9 Å². The van der Waals surface area contributed by atoms with Crippen LogP contribution in [-0.4, -0.2) is 10.5 Å². The molecule has 1 N–H and O–H groups in total. The monoisotopic (exact) mass is 366 g/mol. The van der Waals surface area contributed by atoms with Gasteiger partial charge in [0.05, 0.1) is 5.69 Å². The Kier molecular flexibility index (Phi) is 3.93. The topological polar surface area (TPSA) is 34.0 Å². The minimum atomic E-state index is -0.267. The minimum absolute atomic E-state index is 0.145. The van der Waals surface area contributed by atoms with E-state index in [0.717, 1.165) is 33.9 Å². The first-order valence-corrected chi connectivity index (χ1v) is 8.59. The van der Waals surface area contributed by atoms with Crippen molar-refractivity contribution in [1.82, 2.24) is 4.57 Å². The van der Waals surface area contributed by atoms with E-state index in [1.165, 1.54) is 12.1 Å². The highest BCUT2D eigenvalue weighted by atomic mass is 35.5. The van der Waals surface area contributed by atoms with E-state index in [-0.39, 0.29) is 11.7 Å². The first-order chi connectivity index (χ1) is 12.4. The summed E-state index contributed by atoms with van der Waals surface area (Å²) in [4.78, 5) is 12.4. The Labute approximate surface area is 155 Å². The fourth-order valence-electron chi connectivity index (χ4n) is 3.39. The number of nitrogens with zero attached hydrogens (tertiary/aromatic N) is 1. The van der Waals surface area contributed by atoms with Crippen molar-refractivity contribution < 1.29 is 9.18 Å². The molecule has 0 bridgehead atoms. The molecule has 1 aliphatic heterocycles. The van der Waals surface area contributed by atoms with Crippen molar-refractivity contribution in [2.24, 2.45) is 0 Å². The SMILES string of the molecule is Cc1cc(/C=C2/C(=O)Nc3cc(Cl)ccc32)c(C)n1-c1ccc(F)cc1. The van der Waals surface area contributed by atoms with E-state index in [1.807, 2.05) is 36.6 Å². The summed E-state index contributed by atoms with van der Waals surface area (Å²) < 4.78 is 15.3. The number of aromatic nitrogens is 1. The molecule has 2 aromatic carbocycles. The van der Waals surface area contributed by atoms with E-state index in [4.69, 9.17) is 11.6 Å². The molecule has 2 heterocycles. The second kappa shape index (κ2) is 6.15. The van der Waals surface area contributed by atoms with E-state index in [9.17, 15) is 9.18 Å². The van der Waals surface area contributed by atoms with Gasteiger partial charge in [-0.2, -0.15) is 0 Å². The molecule has 26 heavy (non-hydrogen) atoms. The molecule has 4 rings (SSSR count). The third-order valence-corrected chi connectivity index (χ3v) is 4.85. The van der Waals surface area contributed by atoms with Crippen LogP contribution in [0.2, 0.25) is 5.02 Å². The molecule has 0 radical (unpaired) electrons. The van der Waals surface area contributed by atoms with Crippen LogP contribution in [0.4, 0.5) is 10.1 Å². The van der Waals surface area contributed by atoms with Crippen molar-refractivity contribution in [3.63, 3.8) is 0 Å². The van der Waals surface area contributed by atoms with Crippen LogP contribution in [0.5, 0.6) is 0 Å². The third-order valence-electron chi connectivity index (χ3n) is 4.62. The van der Waals surface area contributed by atoms with Crippen LogP contribution in [0.3, 0.4) is 0 Å². The zero-order valence-corrected chi connectivity index (χ0v) is 15.1. The van der Waals surface area contributed by atoms with E-state index in [0.29, 0.717) is 10.6 Å². The summed E-state index contributed by atoms with van der Waals surface area (Å²) in [6, 6.07) is 13.8. The quantitative estimate of drug-likeness (QED) is 0.607. The van der Waals surface area contributed by atoms with E-state index < -0.39 is 0 Å². The van der Waals surface area contributed by atoms with E-state index in [2.05, 4.69) is 5.32 Å². The van der Waals surface area contributed by atoms with Gasteiger partial charge in [-0.15, -0.1) is 0 Å². The van der Waals surface area contributed by atoms with Gasteiger partial charge in [0.2, 0.25) is 0 Å². The Bertz CT molecular complexity index is 1060. The largest absolute Gasteiger partial charge is 0.321 e. The lowest BCUT2D eigenvalue weighted by atomic mass is 10.0. The van der Waals surface area contributed by atoms with Crippen molar-refractivity contribution in [2.45, 2.75) is 13.8 Å². The number of carbonyl (C=O) groups excluding carboxylic acids is 1. The number of halogens is 2. The predicted octanol–water partition coefficient (Wildman–Crippen LogP) is 5.38. The number of carbonyl (C=O) groups is 1. The molecule has 3 aromatic rings. The van der Waals surface area contributed by atoms with Gasteiger partial charge >= 0.3 is 0 Å². The average Bonchev–Trinajstić information content (AvgIpc) is 3.05. The summed E-state index contributed by atoms with van der Waals surface area (Å²) in [5, 5.41) is 3.43. The summed E-state index contributed by atoms with van der Waals surface area (Å²) in [5.41, 5.74) is 5.99. The van der Waals surface area contributed by atoms with Crippen LogP contribution in [-0.2, 0) is 4.79 Å². The number of aryl methyl sites for hydroxylation is 1. The molecular formula is C21H16ClFN2O. The van der Waals surface area contributed by atoms with Crippen LogP contribution in [0.25, 0.3) is 17.3 Å². The molecule has 3 nitrogen and oxygen atoms in total. The molecule has 0 saturated carbocycles. The fourth-order valence-corrected chi connectivity index (χ4v) is 3.56. The Morgan fingerprint density at radius 2 is 1.81 bits per heavy atom. The number of nitrogens with one attached hydrogen (secondary N) is 1. The van der Waals surface area contributed by atoms with Gasteiger partial charge in [-0.3, -0.25) is 4.79 Å². The number of benzene rings is 2. The summed E-state index contributed by atoms with van der Waals surface area (Å²) in [6.07, 6.45) is 1.89. The van der Waals surface area contributed by atoms with Crippen molar-refractivity contribution in [2.75, 3.05) is 5.32 Å². The van der Waals surface area contributed by atoms with Gasteiger partial charge in [-0.05, 0) is 68.0 Å². The van der Waals surface area contributed by atoms with Gasteiger partial charge in [0.25, 0.3) is 5.91 Å². The van der Waals surface area contributed by atoms with Crippen LogP contribution in [0, 0.1) is 19.7 Å².